The van der Waals surface area contributed by atoms with E-state index in [1.165, 1.54) is 55.1 Å². The molecule has 45 heavy (non-hydrogen) atoms. The third-order valence-corrected chi connectivity index (χ3v) is 9.47. The van der Waals surface area contributed by atoms with Crippen LogP contribution in [0.4, 0.5) is 4.39 Å². The van der Waals surface area contributed by atoms with Gasteiger partial charge in [-0.3, -0.25) is 19.0 Å². The summed E-state index contributed by atoms with van der Waals surface area (Å²) in [4.78, 5) is 54.5. The second-order valence-corrected chi connectivity index (χ2v) is 13.1. The van der Waals surface area contributed by atoms with Gasteiger partial charge < -0.3 is 14.8 Å². The van der Waals surface area contributed by atoms with Crippen molar-refractivity contribution in [3.05, 3.63) is 74.4 Å². The maximum atomic E-state index is 14.7. The molecule has 240 valence electrons. The van der Waals surface area contributed by atoms with Crippen LogP contribution in [0, 0.1) is 12.7 Å². The lowest BCUT2D eigenvalue weighted by Gasteiger charge is -2.30. The molecule has 0 aliphatic heterocycles. The van der Waals surface area contributed by atoms with Gasteiger partial charge in [0.15, 0.2) is 0 Å². The Kier molecular flexibility index (Phi) is 9.13. The highest BCUT2D eigenvalue weighted by Gasteiger charge is 2.37. The van der Waals surface area contributed by atoms with Gasteiger partial charge in [0.2, 0.25) is 5.91 Å². The molecule has 0 bridgehead atoms. The van der Waals surface area contributed by atoms with Crippen molar-refractivity contribution in [3.63, 3.8) is 0 Å². The molecule has 1 fully saturated rings. The number of hydrogen-bond acceptors (Lipinski definition) is 8. The van der Waals surface area contributed by atoms with Crippen LogP contribution in [-0.4, -0.2) is 49.9 Å². The van der Waals surface area contributed by atoms with E-state index in [4.69, 9.17) is 9.47 Å². The Bertz CT molecular complexity index is 1850. The summed E-state index contributed by atoms with van der Waals surface area (Å²) in [7, 11) is 1.46. The minimum absolute atomic E-state index is 0.125. The quantitative estimate of drug-likeness (QED) is 0.273. The summed E-state index contributed by atoms with van der Waals surface area (Å²) in [6, 6.07) is 5.61. The molecule has 1 N–H and O–H groups in total. The van der Waals surface area contributed by atoms with Gasteiger partial charge in [-0.1, -0.05) is 11.3 Å². The van der Waals surface area contributed by atoms with Gasteiger partial charge >= 0.3 is 5.69 Å². The van der Waals surface area contributed by atoms with Crippen LogP contribution in [0.1, 0.15) is 70.6 Å². The van der Waals surface area contributed by atoms with E-state index < -0.39 is 34.6 Å². The van der Waals surface area contributed by atoms with E-state index in [2.05, 4.69) is 10.4 Å². The number of hydrogen-bond donors (Lipinski definition) is 1. The molecule has 0 saturated heterocycles. The van der Waals surface area contributed by atoms with Crippen molar-refractivity contribution in [1.82, 2.24) is 24.2 Å². The zero-order chi connectivity index (χ0) is 32.6. The summed E-state index contributed by atoms with van der Waals surface area (Å²) in [5, 5.41) is 8.06. The SMILES string of the molecule is COc1ccc(F)cc1[C@H](Cn1c(=O)n(C(C)(C)C(=O)NC(C)C)c(=O)c2c(C)c(-n3cccn3)sc21)OC1CCC(=O)CC1. The number of aromatic nitrogens is 4. The van der Waals surface area contributed by atoms with Crippen molar-refractivity contribution in [1.29, 1.82) is 0 Å². The first kappa shape index (κ1) is 32.3. The number of carbonyl (C=O) groups is 2. The minimum atomic E-state index is -1.56. The van der Waals surface area contributed by atoms with Gasteiger partial charge in [0.25, 0.3) is 5.56 Å². The molecule has 1 aromatic carbocycles. The van der Waals surface area contributed by atoms with Crippen LogP contribution in [0.2, 0.25) is 0 Å². The predicted molar refractivity (Wildman–Crippen MR) is 169 cm³/mol. The fourth-order valence-electron chi connectivity index (χ4n) is 5.76. The molecule has 1 aliphatic carbocycles. The Morgan fingerprint density at radius 3 is 2.53 bits per heavy atom. The fourth-order valence-corrected chi connectivity index (χ4v) is 7.00. The van der Waals surface area contributed by atoms with Crippen molar-refractivity contribution in [2.45, 2.75) is 90.6 Å². The molecule has 3 heterocycles. The van der Waals surface area contributed by atoms with E-state index in [-0.39, 0.29) is 29.9 Å². The molecular weight excluding hydrogens is 601 g/mol. The Morgan fingerprint density at radius 2 is 1.91 bits per heavy atom. The molecular formula is C32H38FN5O6S. The number of ether oxygens (including phenoxy) is 2. The summed E-state index contributed by atoms with van der Waals surface area (Å²) in [6.45, 7) is 8.31. The van der Waals surface area contributed by atoms with Gasteiger partial charge in [0, 0.05) is 42.4 Å². The van der Waals surface area contributed by atoms with E-state index in [9.17, 15) is 23.6 Å². The van der Waals surface area contributed by atoms with Crippen LogP contribution in [-0.2, 0) is 26.4 Å². The van der Waals surface area contributed by atoms with Crippen LogP contribution in [0.5, 0.6) is 5.75 Å². The summed E-state index contributed by atoms with van der Waals surface area (Å²) >= 11 is 1.22. The summed E-state index contributed by atoms with van der Waals surface area (Å²) in [5.74, 6) is -0.488. The standard InChI is InChI=1S/C32H38FN5O6S/c1-18(2)35-30(41)32(4,5)38-27(40)26-19(3)28(37-15-7-14-34-37)45-29(26)36(31(38)42)17-25(44-22-11-9-21(39)10-12-22)23-16-20(33)8-13-24(23)43-6/h7-8,13-16,18,22,25H,9-12,17H2,1-6H3,(H,35,41)/t25-/m0/s1. The highest BCUT2D eigenvalue weighted by Crippen LogP contribution is 2.36. The van der Waals surface area contributed by atoms with E-state index >= 15 is 0 Å². The number of halogens is 1. The van der Waals surface area contributed by atoms with E-state index in [0.717, 1.165) is 4.57 Å². The lowest BCUT2D eigenvalue weighted by molar-refractivity contribution is -0.129. The van der Waals surface area contributed by atoms with Crippen molar-refractivity contribution < 1.29 is 23.5 Å². The van der Waals surface area contributed by atoms with Crippen molar-refractivity contribution in [2.75, 3.05) is 7.11 Å². The normalized spacial score (nSPS) is 15.2. The van der Waals surface area contributed by atoms with Crippen LogP contribution in [0.15, 0.2) is 46.2 Å². The number of rotatable bonds is 10. The Balaban J connectivity index is 1.76. The first-order valence-corrected chi connectivity index (χ1v) is 15.8. The largest absolute Gasteiger partial charge is 0.496 e. The topological polar surface area (TPSA) is 126 Å². The molecule has 11 nitrogen and oxygen atoms in total. The number of thiophene rings is 1. The second-order valence-electron chi connectivity index (χ2n) is 12.1. The number of benzene rings is 1. The Labute approximate surface area is 263 Å². The molecule has 1 saturated carbocycles. The van der Waals surface area contributed by atoms with Crippen LogP contribution >= 0.6 is 11.3 Å². The number of nitrogens with zero attached hydrogens (tertiary/aromatic N) is 4. The number of amides is 1. The zero-order valence-electron chi connectivity index (χ0n) is 26.3. The van der Waals surface area contributed by atoms with Crippen molar-refractivity contribution in [3.8, 4) is 10.8 Å². The van der Waals surface area contributed by atoms with Crippen LogP contribution < -0.4 is 21.3 Å². The summed E-state index contributed by atoms with van der Waals surface area (Å²) < 4.78 is 30.9. The van der Waals surface area contributed by atoms with Gasteiger partial charge in [0.05, 0.1) is 25.1 Å². The Hall–Kier alpha value is -4.10. The molecule has 1 aliphatic rings. The monoisotopic (exact) mass is 639 g/mol. The number of ketones is 1. The van der Waals surface area contributed by atoms with E-state index in [1.807, 2.05) is 0 Å². The van der Waals surface area contributed by atoms with E-state index in [0.29, 0.717) is 52.4 Å². The lowest BCUT2D eigenvalue weighted by atomic mass is 9.96. The molecule has 0 unspecified atom stereocenters. The van der Waals surface area contributed by atoms with Gasteiger partial charge in [-0.25, -0.2) is 18.4 Å². The third kappa shape index (κ3) is 6.23. The summed E-state index contributed by atoms with van der Waals surface area (Å²) in [6.07, 6.45) is 3.84. The average Bonchev–Trinajstić information content (AvgIpc) is 3.63. The van der Waals surface area contributed by atoms with Gasteiger partial charge in [-0.15, -0.1) is 0 Å². The van der Waals surface area contributed by atoms with Crippen molar-refractivity contribution in [2.24, 2.45) is 0 Å². The summed E-state index contributed by atoms with van der Waals surface area (Å²) in [5.41, 5.74) is -1.91. The predicted octanol–water partition coefficient (Wildman–Crippen LogP) is 4.40. The maximum absolute atomic E-state index is 14.7. The van der Waals surface area contributed by atoms with Crippen LogP contribution in [0.25, 0.3) is 15.2 Å². The second kappa shape index (κ2) is 12.7. The average molecular weight is 640 g/mol. The number of carbonyl (C=O) groups excluding carboxylic acids is 2. The third-order valence-electron chi connectivity index (χ3n) is 8.17. The minimum Gasteiger partial charge on any atom is -0.496 e. The molecule has 5 rings (SSSR count). The highest BCUT2D eigenvalue weighted by molar-refractivity contribution is 7.21. The van der Waals surface area contributed by atoms with Crippen molar-refractivity contribution >= 4 is 33.2 Å². The molecule has 0 radical (unpaired) electrons. The van der Waals surface area contributed by atoms with Gasteiger partial charge in [0.1, 0.15) is 38.8 Å². The number of fused-ring (bicyclic) bond motifs is 1. The van der Waals surface area contributed by atoms with Gasteiger partial charge in [-0.2, -0.15) is 5.10 Å². The molecule has 3 aromatic heterocycles. The first-order chi connectivity index (χ1) is 21.3. The molecule has 1 atom stereocenters. The lowest BCUT2D eigenvalue weighted by Crippen LogP contribution is -2.56. The maximum Gasteiger partial charge on any atom is 0.333 e. The highest BCUT2D eigenvalue weighted by atomic mass is 32.1. The van der Waals surface area contributed by atoms with Gasteiger partial charge in [-0.05, 0) is 71.7 Å². The zero-order valence-corrected chi connectivity index (χ0v) is 27.1. The molecule has 4 aromatic rings. The van der Waals surface area contributed by atoms with E-state index in [1.54, 1.807) is 43.9 Å². The number of aryl methyl sites for hydroxylation is 1. The first-order valence-electron chi connectivity index (χ1n) is 14.9. The number of Topliss-reactive ketones (excluding diaryl/α,β-unsaturated/α-hetero) is 1. The molecule has 13 heteroatoms. The van der Waals surface area contributed by atoms with Crippen LogP contribution in [0.3, 0.4) is 0 Å². The molecule has 1 amide bonds. The number of nitrogens with one attached hydrogen (secondary N) is 1. The Morgan fingerprint density at radius 1 is 1.20 bits per heavy atom. The molecule has 0 spiro atoms. The smallest absolute Gasteiger partial charge is 0.333 e. The fraction of sp³-hybridized carbons (Fsp3) is 0.469. The number of methoxy groups -OCH3 is 1.